The van der Waals surface area contributed by atoms with Gasteiger partial charge in [-0.15, -0.1) is 0 Å². The molecule has 1 aromatic heterocycles. The molecule has 2 aromatic rings. The second kappa shape index (κ2) is 10.7. The number of anilines is 1. The van der Waals surface area contributed by atoms with Crippen molar-refractivity contribution in [2.45, 2.75) is 19.9 Å². The highest BCUT2D eigenvalue weighted by molar-refractivity contribution is 6.07. The van der Waals surface area contributed by atoms with E-state index in [1.807, 2.05) is 5.32 Å². The molecule has 166 valence electrons. The lowest BCUT2D eigenvalue weighted by atomic mass is 10.1. The van der Waals surface area contributed by atoms with Gasteiger partial charge >= 0.3 is 12.0 Å². The van der Waals surface area contributed by atoms with E-state index in [0.29, 0.717) is 0 Å². The van der Waals surface area contributed by atoms with Gasteiger partial charge in [0.05, 0.1) is 31.7 Å². The van der Waals surface area contributed by atoms with Crippen molar-refractivity contribution >= 4 is 29.5 Å². The number of imide groups is 1. The molecule has 3 N–H and O–H groups in total. The second-order valence-corrected chi connectivity index (χ2v) is 6.44. The first-order valence-corrected chi connectivity index (χ1v) is 9.13. The summed E-state index contributed by atoms with van der Waals surface area (Å²) in [6, 6.07) is 4.75. The van der Waals surface area contributed by atoms with E-state index in [1.54, 1.807) is 13.8 Å². The van der Waals surface area contributed by atoms with E-state index in [-0.39, 0.29) is 34.6 Å². The predicted molar refractivity (Wildman–Crippen MR) is 108 cm³/mol. The molecule has 0 saturated heterocycles. The van der Waals surface area contributed by atoms with Crippen LogP contribution in [-0.4, -0.2) is 50.7 Å². The van der Waals surface area contributed by atoms with Crippen molar-refractivity contribution in [3.63, 3.8) is 0 Å². The van der Waals surface area contributed by atoms with Gasteiger partial charge < -0.3 is 29.3 Å². The number of nitrogens with one attached hydrogen (secondary N) is 3. The summed E-state index contributed by atoms with van der Waals surface area (Å²) in [4.78, 5) is 48.3. The number of hydrogen-bond acceptors (Lipinski definition) is 8. The summed E-state index contributed by atoms with van der Waals surface area (Å²) in [5.41, 5.74) is -0.0565. The molecule has 0 bridgehead atoms. The number of benzene rings is 1. The number of carbonyl (C=O) groups excluding carboxylic acids is 4. The number of esters is 1. The van der Waals surface area contributed by atoms with E-state index < -0.39 is 30.4 Å². The molecule has 0 saturated carbocycles. The van der Waals surface area contributed by atoms with Gasteiger partial charge in [0.25, 0.3) is 11.8 Å². The molecule has 0 aliphatic rings. The molecule has 4 amide bonds. The molecule has 1 aromatic carbocycles. The van der Waals surface area contributed by atoms with Crippen molar-refractivity contribution in [3.05, 3.63) is 41.9 Å². The fraction of sp³-hybridized carbons (Fsp3) is 0.300. The summed E-state index contributed by atoms with van der Waals surface area (Å²) in [5.74, 6) is -1.91. The number of ether oxygens (including phenoxy) is 3. The number of amides is 4. The lowest BCUT2D eigenvalue weighted by molar-refractivity contribution is -0.123. The van der Waals surface area contributed by atoms with Gasteiger partial charge in [0.2, 0.25) is 0 Å². The average molecular weight is 433 g/mol. The minimum Gasteiger partial charge on any atom is -0.493 e. The van der Waals surface area contributed by atoms with Crippen molar-refractivity contribution < 1.29 is 37.8 Å². The maximum Gasteiger partial charge on any atom is 0.340 e. The lowest BCUT2D eigenvalue weighted by Crippen LogP contribution is -2.44. The van der Waals surface area contributed by atoms with Crippen molar-refractivity contribution in [2.75, 3.05) is 26.1 Å². The number of methoxy groups -OCH3 is 2. The summed E-state index contributed by atoms with van der Waals surface area (Å²) in [6.45, 7) is 2.73. The zero-order valence-electron chi connectivity index (χ0n) is 17.4. The van der Waals surface area contributed by atoms with E-state index in [1.165, 1.54) is 44.7 Å². The fourth-order valence-corrected chi connectivity index (χ4v) is 2.41. The Morgan fingerprint density at radius 2 is 1.74 bits per heavy atom. The highest BCUT2D eigenvalue weighted by Gasteiger charge is 2.22. The normalized spacial score (nSPS) is 10.2. The number of furan rings is 1. The number of rotatable bonds is 8. The molecule has 11 nitrogen and oxygen atoms in total. The Hall–Kier alpha value is -4.02. The first-order chi connectivity index (χ1) is 14.7. The minimum atomic E-state index is -0.935. The van der Waals surface area contributed by atoms with Gasteiger partial charge in [0.15, 0.2) is 23.9 Å². The second-order valence-electron chi connectivity index (χ2n) is 6.44. The van der Waals surface area contributed by atoms with Gasteiger partial charge in [0, 0.05) is 18.2 Å². The third-order valence-electron chi connectivity index (χ3n) is 3.74. The number of hydrogen-bond donors (Lipinski definition) is 3. The Labute approximate surface area is 178 Å². The largest absolute Gasteiger partial charge is 0.493 e. The molecule has 0 aliphatic carbocycles. The molecule has 0 radical (unpaired) electrons. The quantitative estimate of drug-likeness (QED) is 0.536. The standard InChI is InChI=1S/C20H23N3O8/c1-11(2)21-20(27)23-17(24)10-31-19(26)12-8-15(28-3)16(29-4)9-13(12)22-18(25)14-6-5-7-30-14/h5-9,11H,10H2,1-4H3,(H,22,25)(H2,21,23,24,27). The molecular weight excluding hydrogens is 410 g/mol. The molecule has 0 aliphatic heterocycles. The van der Waals surface area contributed by atoms with Gasteiger partial charge in [0.1, 0.15) is 0 Å². The first-order valence-electron chi connectivity index (χ1n) is 9.13. The highest BCUT2D eigenvalue weighted by atomic mass is 16.5. The van der Waals surface area contributed by atoms with Crippen LogP contribution in [0.2, 0.25) is 0 Å². The van der Waals surface area contributed by atoms with Crippen LogP contribution in [0.25, 0.3) is 0 Å². The molecule has 31 heavy (non-hydrogen) atoms. The molecule has 1 heterocycles. The van der Waals surface area contributed by atoms with Gasteiger partial charge in [-0.3, -0.25) is 14.9 Å². The summed E-state index contributed by atoms with van der Waals surface area (Å²) < 4.78 is 20.4. The Morgan fingerprint density at radius 1 is 1.06 bits per heavy atom. The topological polar surface area (TPSA) is 145 Å². The third kappa shape index (κ3) is 6.49. The van der Waals surface area contributed by atoms with Gasteiger partial charge in [-0.2, -0.15) is 0 Å². The van der Waals surface area contributed by atoms with Crippen LogP contribution < -0.4 is 25.4 Å². The van der Waals surface area contributed by atoms with Gasteiger partial charge in [-0.05, 0) is 26.0 Å². The maximum absolute atomic E-state index is 12.6. The zero-order chi connectivity index (χ0) is 23.0. The third-order valence-corrected chi connectivity index (χ3v) is 3.74. The Kier molecular flexibility index (Phi) is 8.01. The SMILES string of the molecule is COc1cc(NC(=O)c2ccco2)c(C(=O)OCC(=O)NC(=O)NC(C)C)cc1OC. The van der Waals surface area contributed by atoms with Crippen LogP contribution in [0.15, 0.2) is 34.9 Å². The van der Waals surface area contributed by atoms with E-state index >= 15 is 0 Å². The van der Waals surface area contributed by atoms with Crippen molar-refractivity contribution in [1.82, 2.24) is 10.6 Å². The number of carbonyl (C=O) groups is 4. The highest BCUT2D eigenvalue weighted by Crippen LogP contribution is 2.34. The lowest BCUT2D eigenvalue weighted by Gasteiger charge is -2.15. The summed E-state index contributed by atoms with van der Waals surface area (Å²) in [6.07, 6.45) is 1.33. The Bertz CT molecular complexity index is 954. The number of urea groups is 1. The summed E-state index contributed by atoms with van der Waals surface area (Å²) in [7, 11) is 2.76. The van der Waals surface area contributed by atoms with Crippen molar-refractivity contribution in [1.29, 1.82) is 0 Å². The zero-order valence-corrected chi connectivity index (χ0v) is 17.4. The van der Waals surface area contributed by atoms with Crippen LogP contribution in [0.1, 0.15) is 34.8 Å². The van der Waals surface area contributed by atoms with Crippen LogP contribution in [0, 0.1) is 0 Å². The minimum absolute atomic E-state index is 0.0182. The van der Waals surface area contributed by atoms with E-state index in [0.717, 1.165) is 0 Å². The predicted octanol–water partition coefficient (Wildman–Crippen LogP) is 1.94. The molecule has 0 unspecified atom stereocenters. The Morgan fingerprint density at radius 3 is 2.32 bits per heavy atom. The monoisotopic (exact) mass is 433 g/mol. The van der Waals surface area contributed by atoms with E-state index in [4.69, 9.17) is 18.6 Å². The first kappa shape index (κ1) is 23.3. The van der Waals surface area contributed by atoms with Crippen LogP contribution in [0.5, 0.6) is 11.5 Å². The summed E-state index contributed by atoms with van der Waals surface area (Å²) in [5, 5.41) is 7.03. The van der Waals surface area contributed by atoms with Crippen LogP contribution in [0.4, 0.5) is 10.5 Å². The maximum atomic E-state index is 12.6. The van der Waals surface area contributed by atoms with Crippen LogP contribution in [0.3, 0.4) is 0 Å². The molecule has 0 atom stereocenters. The van der Waals surface area contributed by atoms with Crippen molar-refractivity contribution in [3.8, 4) is 11.5 Å². The fourth-order valence-electron chi connectivity index (χ4n) is 2.41. The van der Waals surface area contributed by atoms with Crippen LogP contribution >= 0.6 is 0 Å². The smallest absolute Gasteiger partial charge is 0.340 e. The molecular formula is C20H23N3O8. The van der Waals surface area contributed by atoms with E-state index in [9.17, 15) is 19.2 Å². The van der Waals surface area contributed by atoms with Crippen LogP contribution in [-0.2, 0) is 9.53 Å². The summed E-state index contributed by atoms with van der Waals surface area (Å²) >= 11 is 0. The van der Waals surface area contributed by atoms with Gasteiger partial charge in [-0.25, -0.2) is 9.59 Å². The molecule has 0 fully saturated rings. The van der Waals surface area contributed by atoms with Crippen molar-refractivity contribution in [2.24, 2.45) is 0 Å². The molecule has 0 spiro atoms. The van der Waals surface area contributed by atoms with Gasteiger partial charge in [-0.1, -0.05) is 0 Å². The average Bonchev–Trinajstić information content (AvgIpc) is 3.26. The molecule has 2 rings (SSSR count). The Balaban J connectivity index is 2.18. The van der Waals surface area contributed by atoms with E-state index in [2.05, 4.69) is 10.6 Å². The molecule has 11 heteroatoms.